The largest absolute Gasteiger partial charge is 0.398 e. The van der Waals surface area contributed by atoms with Gasteiger partial charge in [0.05, 0.1) is 6.54 Å². The van der Waals surface area contributed by atoms with Crippen LogP contribution in [0, 0.1) is 6.92 Å². The van der Waals surface area contributed by atoms with Crippen molar-refractivity contribution in [2.45, 2.75) is 13.5 Å². The van der Waals surface area contributed by atoms with Crippen molar-refractivity contribution in [1.29, 1.82) is 0 Å². The lowest BCUT2D eigenvalue weighted by atomic mass is 10.2. The van der Waals surface area contributed by atoms with Crippen LogP contribution in [0.3, 0.4) is 0 Å². The van der Waals surface area contributed by atoms with Crippen molar-refractivity contribution in [3.63, 3.8) is 0 Å². The fourth-order valence-corrected chi connectivity index (χ4v) is 1.72. The molecule has 15 heavy (non-hydrogen) atoms. The van der Waals surface area contributed by atoms with E-state index < -0.39 is 0 Å². The van der Waals surface area contributed by atoms with Gasteiger partial charge in [-0.25, -0.2) is 4.98 Å². The average molecular weight is 222 g/mol. The number of aryl methyl sites for hydroxylation is 1. The minimum atomic E-state index is 0.664. The quantitative estimate of drug-likeness (QED) is 0.792. The first kappa shape index (κ1) is 10.1. The number of nitrogens with two attached hydrogens (primary N) is 1. The Balaban J connectivity index is 2.36. The van der Waals surface area contributed by atoms with Gasteiger partial charge < -0.3 is 10.3 Å². The highest BCUT2D eigenvalue weighted by Crippen LogP contribution is 2.23. The van der Waals surface area contributed by atoms with E-state index in [1.807, 2.05) is 35.9 Å². The number of aromatic nitrogens is 2. The Kier molecular flexibility index (Phi) is 2.64. The van der Waals surface area contributed by atoms with Gasteiger partial charge in [0.25, 0.3) is 0 Å². The lowest BCUT2D eigenvalue weighted by Crippen LogP contribution is -2.04. The third-order valence-corrected chi connectivity index (χ3v) is 2.76. The molecule has 0 saturated carbocycles. The summed E-state index contributed by atoms with van der Waals surface area (Å²) in [4.78, 5) is 4.15. The van der Waals surface area contributed by atoms with Gasteiger partial charge in [-0.15, -0.1) is 0 Å². The topological polar surface area (TPSA) is 43.8 Å². The minimum Gasteiger partial charge on any atom is -0.398 e. The summed E-state index contributed by atoms with van der Waals surface area (Å²) in [5.74, 6) is 0.953. The summed E-state index contributed by atoms with van der Waals surface area (Å²) < 4.78 is 2.01. The van der Waals surface area contributed by atoms with Crippen LogP contribution in [0.25, 0.3) is 0 Å². The molecule has 0 radical (unpaired) electrons. The van der Waals surface area contributed by atoms with Crippen LogP contribution >= 0.6 is 11.6 Å². The molecule has 3 nitrogen and oxygen atoms in total. The van der Waals surface area contributed by atoms with Crippen molar-refractivity contribution in [2.75, 3.05) is 5.73 Å². The van der Waals surface area contributed by atoms with E-state index in [4.69, 9.17) is 17.3 Å². The van der Waals surface area contributed by atoms with Gasteiger partial charge in [-0.3, -0.25) is 0 Å². The number of anilines is 1. The highest BCUT2D eigenvalue weighted by atomic mass is 35.5. The van der Waals surface area contributed by atoms with E-state index in [1.54, 1.807) is 6.20 Å². The zero-order valence-corrected chi connectivity index (χ0v) is 9.20. The summed E-state index contributed by atoms with van der Waals surface area (Å²) >= 11 is 6.09. The zero-order chi connectivity index (χ0) is 10.8. The smallest absolute Gasteiger partial charge is 0.105 e. The van der Waals surface area contributed by atoms with Gasteiger partial charge in [0.1, 0.15) is 5.82 Å². The third-order valence-electron chi connectivity index (χ3n) is 2.41. The van der Waals surface area contributed by atoms with E-state index in [-0.39, 0.29) is 0 Å². The maximum absolute atomic E-state index is 6.09. The average Bonchev–Trinajstić information content (AvgIpc) is 2.58. The Hall–Kier alpha value is -1.48. The molecule has 0 bridgehead atoms. The molecule has 2 rings (SSSR count). The fourth-order valence-electron chi connectivity index (χ4n) is 1.48. The Labute approximate surface area is 93.5 Å². The summed E-state index contributed by atoms with van der Waals surface area (Å²) in [6.07, 6.45) is 3.68. The van der Waals surface area contributed by atoms with Crippen LogP contribution in [0.1, 0.15) is 11.4 Å². The number of hydrogen-bond donors (Lipinski definition) is 1. The standard InChI is InChI=1S/C11H12ClN3/c1-8-14-5-6-15(8)7-9-10(12)3-2-4-11(9)13/h2-6H,7,13H2,1H3. The van der Waals surface area contributed by atoms with Crippen molar-refractivity contribution in [2.24, 2.45) is 0 Å². The van der Waals surface area contributed by atoms with Gasteiger partial charge in [-0.2, -0.15) is 0 Å². The second-order valence-electron chi connectivity index (χ2n) is 3.41. The number of benzene rings is 1. The lowest BCUT2D eigenvalue weighted by molar-refractivity contribution is 0.763. The van der Waals surface area contributed by atoms with Crippen molar-refractivity contribution >= 4 is 17.3 Å². The predicted molar refractivity (Wildman–Crippen MR) is 61.9 cm³/mol. The van der Waals surface area contributed by atoms with E-state index in [9.17, 15) is 0 Å². The first-order valence-corrected chi connectivity index (χ1v) is 5.07. The summed E-state index contributed by atoms with van der Waals surface area (Å²) in [7, 11) is 0. The van der Waals surface area contributed by atoms with Crippen LogP contribution < -0.4 is 5.73 Å². The number of hydrogen-bond acceptors (Lipinski definition) is 2. The second kappa shape index (κ2) is 3.95. The first-order valence-electron chi connectivity index (χ1n) is 4.69. The maximum atomic E-state index is 6.09. The summed E-state index contributed by atoms with van der Waals surface area (Å²) in [6.45, 7) is 2.62. The van der Waals surface area contributed by atoms with Crippen LogP contribution in [0.5, 0.6) is 0 Å². The number of imidazole rings is 1. The van der Waals surface area contributed by atoms with Gasteiger partial charge in [-0.05, 0) is 19.1 Å². The van der Waals surface area contributed by atoms with Crippen LogP contribution in [-0.4, -0.2) is 9.55 Å². The highest BCUT2D eigenvalue weighted by molar-refractivity contribution is 6.31. The molecular weight excluding hydrogens is 210 g/mol. The molecule has 2 N–H and O–H groups in total. The Morgan fingerprint density at radius 1 is 1.47 bits per heavy atom. The van der Waals surface area contributed by atoms with Crippen LogP contribution in [0.4, 0.5) is 5.69 Å². The van der Waals surface area contributed by atoms with Gasteiger partial charge in [0.15, 0.2) is 0 Å². The Bertz CT molecular complexity index is 456. The molecule has 0 saturated heterocycles. The second-order valence-corrected chi connectivity index (χ2v) is 3.82. The van der Waals surface area contributed by atoms with Gasteiger partial charge in [0.2, 0.25) is 0 Å². The SMILES string of the molecule is Cc1nccn1Cc1c(N)cccc1Cl. The molecule has 1 aromatic carbocycles. The van der Waals surface area contributed by atoms with Crippen LogP contribution in [-0.2, 0) is 6.54 Å². The Morgan fingerprint density at radius 3 is 2.87 bits per heavy atom. The van der Waals surface area contributed by atoms with E-state index in [1.165, 1.54) is 0 Å². The molecule has 0 fully saturated rings. The first-order chi connectivity index (χ1) is 7.18. The third kappa shape index (κ3) is 1.97. The predicted octanol–water partition coefficient (Wildman–Crippen LogP) is 2.48. The van der Waals surface area contributed by atoms with Gasteiger partial charge >= 0.3 is 0 Å². The molecule has 0 amide bonds. The molecular formula is C11H12ClN3. The Morgan fingerprint density at radius 2 is 2.27 bits per heavy atom. The molecule has 1 heterocycles. The molecule has 0 spiro atoms. The molecule has 0 aliphatic carbocycles. The summed E-state index contributed by atoms with van der Waals surface area (Å²) in [6, 6.07) is 5.55. The van der Waals surface area contributed by atoms with Crippen molar-refractivity contribution in [3.05, 3.63) is 47.0 Å². The van der Waals surface area contributed by atoms with Crippen molar-refractivity contribution < 1.29 is 0 Å². The van der Waals surface area contributed by atoms with E-state index in [0.717, 1.165) is 17.1 Å². The number of rotatable bonds is 2. The van der Waals surface area contributed by atoms with E-state index in [2.05, 4.69) is 4.98 Å². The van der Waals surface area contributed by atoms with E-state index in [0.29, 0.717) is 11.6 Å². The fraction of sp³-hybridized carbons (Fsp3) is 0.182. The van der Waals surface area contributed by atoms with Crippen molar-refractivity contribution in [1.82, 2.24) is 9.55 Å². The normalized spacial score (nSPS) is 10.5. The highest BCUT2D eigenvalue weighted by Gasteiger charge is 2.06. The maximum Gasteiger partial charge on any atom is 0.105 e. The zero-order valence-electron chi connectivity index (χ0n) is 8.44. The summed E-state index contributed by atoms with van der Waals surface area (Å²) in [5.41, 5.74) is 7.53. The summed E-state index contributed by atoms with van der Waals surface area (Å²) in [5, 5.41) is 0.697. The monoisotopic (exact) mass is 221 g/mol. The molecule has 0 aliphatic heterocycles. The lowest BCUT2D eigenvalue weighted by Gasteiger charge is -2.09. The van der Waals surface area contributed by atoms with Crippen molar-refractivity contribution in [3.8, 4) is 0 Å². The molecule has 0 atom stereocenters. The number of halogens is 1. The molecule has 0 aliphatic rings. The van der Waals surface area contributed by atoms with Crippen LogP contribution in [0.15, 0.2) is 30.6 Å². The molecule has 0 unspecified atom stereocenters. The minimum absolute atomic E-state index is 0.664. The van der Waals surface area contributed by atoms with Gasteiger partial charge in [0, 0.05) is 28.7 Å². The molecule has 4 heteroatoms. The molecule has 2 aromatic rings. The van der Waals surface area contributed by atoms with E-state index >= 15 is 0 Å². The number of nitrogens with zero attached hydrogens (tertiary/aromatic N) is 2. The van der Waals surface area contributed by atoms with Gasteiger partial charge in [-0.1, -0.05) is 17.7 Å². The number of nitrogen functional groups attached to an aromatic ring is 1. The molecule has 78 valence electrons. The van der Waals surface area contributed by atoms with Crippen LogP contribution in [0.2, 0.25) is 5.02 Å². The molecule has 1 aromatic heterocycles.